The Balaban J connectivity index is 2.19. The lowest BCUT2D eigenvalue weighted by Gasteiger charge is -2.27. The summed E-state index contributed by atoms with van der Waals surface area (Å²) in [4.78, 5) is 2.33. The minimum Gasteiger partial charge on any atom is -0.384 e. The number of piperidine rings is 1. The first-order valence-corrected chi connectivity index (χ1v) is 7.09. The zero-order valence-corrected chi connectivity index (χ0v) is 12.3. The van der Waals surface area contributed by atoms with Gasteiger partial charge in [-0.05, 0) is 43.2 Å². The van der Waals surface area contributed by atoms with E-state index in [2.05, 4.69) is 37.2 Å². The third-order valence-corrected chi connectivity index (χ3v) is 3.72. The Kier molecular flexibility index (Phi) is 4.65. The molecule has 0 atom stereocenters. The number of nitriles is 1. The van der Waals surface area contributed by atoms with Crippen LogP contribution in [0, 0.1) is 11.5 Å². The number of hydrogen-bond donors (Lipinski definition) is 1. The van der Waals surface area contributed by atoms with Crippen molar-refractivity contribution in [1.29, 1.82) is 5.26 Å². The van der Waals surface area contributed by atoms with Gasteiger partial charge in [-0.25, -0.2) is 4.57 Å². The van der Waals surface area contributed by atoms with Crippen molar-refractivity contribution in [2.75, 3.05) is 25.9 Å². The zero-order valence-electron chi connectivity index (χ0n) is 12.3. The van der Waals surface area contributed by atoms with Gasteiger partial charge < -0.3 is 10.6 Å². The predicted molar refractivity (Wildman–Crippen MR) is 82.1 cm³/mol. The number of anilines is 1. The van der Waals surface area contributed by atoms with Crippen LogP contribution in [0.1, 0.15) is 25.5 Å². The van der Waals surface area contributed by atoms with Gasteiger partial charge in [0.05, 0.1) is 0 Å². The number of aromatic nitrogens is 1. The van der Waals surface area contributed by atoms with Gasteiger partial charge in [-0.2, -0.15) is 5.26 Å². The lowest BCUT2D eigenvalue weighted by molar-refractivity contribution is 0.347. The first kappa shape index (κ1) is 14.4. The SMILES string of the molecule is CC/C=C1/CCN(C)C/C1=C/Cc1ccc(N)n1C#N. The molecule has 0 radical (unpaired) electrons. The van der Waals surface area contributed by atoms with E-state index in [9.17, 15) is 0 Å². The maximum absolute atomic E-state index is 9.10. The summed E-state index contributed by atoms with van der Waals surface area (Å²) in [5.74, 6) is 0.506. The van der Waals surface area contributed by atoms with Crippen LogP contribution in [0.4, 0.5) is 5.82 Å². The van der Waals surface area contributed by atoms with Gasteiger partial charge in [0.15, 0.2) is 6.19 Å². The summed E-state index contributed by atoms with van der Waals surface area (Å²) in [6, 6.07) is 3.71. The second kappa shape index (κ2) is 6.44. The van der Waals surface area contributed by atoms with Crippen LogP contribution in [0.25, 0.3) is 0 Å². The maximum Gasteiger partial charge on any atom is 0.190 e. The Morgan fingerprint density at radius 2 is 2.15 bits per heavy atom. The number of nitrogens with two attached hydrogens (primary N) is 1. The zero-order chi connectivity index (χ0) is 14.5. The van der Waals surface area contributed by atoms with E-state index < -0.39 is 0 Å². The number of likely N-dealkylation sites (N-methyl/N-ethyl adjacent to an activating group) is 1. The molecule has 106 valence electrons. The molecule has 0 unspecified atom stereocenters. The second-order valence-corrected chi connectivity index (χ2v) is 5.24. The van der Waals surface area contributed by atoms with Crippen molar-refractivity contribution < 1.29 is 0 Å². The second-order valence-electron chi connectivity index (χ2n) is 5.24. The Morgan fingerprint density at radius 1 is 1.35 bits per heavy atom. The molecule has 2 rings (SSSR count). The van der Waals surface area contributed by atoms with Crippen molar-refractivity contribution in [3.05, 3.63) is 41.1 Å². The van der Waals surface area contributed by atoms with Gasteiger partial charge >= 0.3 is 0 Å². The van der Waals surface area contributed by atoms with E-state index in [1.54, 1.807) is 6.07 Å². The molecule has 0 aromatic carbocycles. The van der Waals surface area contributed by atoms with Crippen molar-refractivity contribution in [3.63, 3.8) is 0 Å². The lowest BCUT2D eigenvalue weighted by Crippen LogP contribution is -2.28. The number of nitrogens with zero attached hydrogens (tertiary/aromatic N) is 3. The van der Waals surface area contributed by atoms with Gasteiger partial charge in [0.2, 0.25) is 0 Å². The molecule has 0 spiro atoms. The average molecular weight is 270 g/mol. The van der Waals surface area contributed by atoms with Gasteiger partial charge in [0, 0.05) is 25.2 Å². The summed E-state index contributed by atoms with van der Waals surface area (Å²) >= 11 is 0. The molecule has 1 aromatic rings. The van der Waals surface area contributed by atoms with Gasteiger partial charge in [0.1, 0.15) is 5.82 Å². The molecule has 4 heteroatoms. The first-order valence-electron chi connectivity index (χ1n) is 7.09. The average Bonchev–Trinajstić information content (AvgIpc) is 2.79. The van der Waals surface area contributed by atoms with Crippen molar-refractivity contribution in [2.24, 2.45) is 0 Å². The number of nitrogen functional groups attached to an aromatic ring is 1. The van der Waals surface area contributed by atoms with Gasteiger partial charge in [-0.3, -0.25) is 0 Å². The molecule has 0 amide bonds. The van der Waals surface area contributed by atoms with Crippen molar-refractivity contribution >= 4 is 5.82 Å². The molecule has 0 saturated carbocycles. The van der Waals surface area contributed by atoms with E-state index in [4.69, 9.17) is 11.0 Å². The topological polar surface area (TPSA) is 58.0 Å². The first-order chi connectivity index (χ1) is 9.65. The lowest BCUT2D eigenvalue weighted by atomic mass is 9.96. The molecule has 1 fully saturated rings. The summed E-state index contributed by atoms with van der Waals surface area (Å²) in [5, 5.41) is 9.10. The largest absolute Gasteiger partial charge is 0.384 e. The van der Waals surface area contributed by atoms with E-state index in [1.807, 2.05) is 6.07 Å². The van der Waals surface area contributed by atoms with Gasteiger partial charge in [-0.1, -0.05) is 19.1 Å². The third kappa shape index (κ3) is 3.12. The monoisotopic (exact) mass is 270 g/mol. The van der Waals surface area contributed by atoms with Crippen LogP contribution in [-0.2, 0) is 6.42 Å². The Hall–Kier alpha value is -1.99. The van der Waals surface area contributed by atoms with Crippen LogP contribution >= 0.6 is 0 Å². The molecule has 0 bridgehead atoms. The quantitative estimate of drug-likeness (QED) is 0.918. The molecular weight excluding hydrogens is 248 g/mol. The fourth-order valence-electron chi connectivity index (χ4n) is 2.62. The molecule has 1 aliphatic rings. The summed E-state index contributed by atoms with van der Waals surface area (Å²) in [7, 11) is 2.15. The molecule has 4 nitrogen and oxygen atoms in total. The van der Waals surface area contributed by atoms with Crippen molar-refractivity contribution in [2.45, 2.75) is 26.2 Å². The van der Waals surface area contributed by atoms with E-state index >= 15 is 0 Å². The highest BCUT2D eigenvalue weighted by Crippen LogP contribution is 2.23. The van der Waals surface area contributed by atoms with Crippen LogP contribution < -0.4 is 5.73 Å². The molecule has 1 aromatic heterocycles. The number of allylic oxidation sites excluding steroid dienone is 2. The van der Waals surface area contributed by atoms with Crippen LogP contribution in [0.3, 0.4) is 0 Å². The van der Waals surface area contributed by atoms with Crippen LogP contribution in [0.15, 0.2) is 35.4 Å². The highest BCUT2D eigenvalue weighted by atomic mass is 15.1. The molecule has 2 N–H and O–H groups in total. The molecule has 0 aliphatic carbocycles. The summed E-state index contributed by atoms with van der Waals surface area (Å²) in [6.45, 7) is 4.27. The van der Waals surface area contributed by atoms with E-state index in [0.29, 0.717) is 5.82 Å². The van der Waals surface area contributed by atoms with E-state index in [1.165, 1.54) is 15.7 Å². The molecule has 1 aliphatic heterocycles. The fourth-order valence-corrected chi connectivity index (χ4v) is 2.62. The summed E-state index contributed by atoms with van der Waals surface area (Å²) in [5.41, 5.74) is 9.54. The van der Waals surface area contributed by atoms with Crippen LogP contribution in [0.2, 0.25) is 0 Å². The van der Waals surface area contributed by atoms with Gasteiger partial charge in [0.25, 0.3) is 0 Å². The third-order valence-electron chi connectivity index (χ3n) is 3.72. The van der Waals surface area contributed by atoms with Crippen molar-refractivity contribution in [3.8, 4) is 6.19 Å². The van der Waals surface area contributed by atoms with Crippen LogP contribution in [-0.4, -0.2) is 29.6 Å². The number of rotatable bonds is 3. The number of hydrogen-bond acceptors (Lipinski definition) is 3. The summed E-state index contributed by atoms with van der Waals surface area (Å²) < 4.78 is 1.49. The maximum atomic E-state index is 9.10. The fraction of sp³-hybridized carbons (Fsp3) is 0.438. The summed E-state index contributed by atoms with van der Waals surface area (Å²) in [6.07, 6.45) is 9.59. The molecule has 20 heavy (non-hydrogen) atoms. The van der Waals surface area contributed by atoms with E-state index in [0.717, 1.165) is 38.0 Å². The molecular formula is C16H22N4. The molecule has 1 saturated heterocycles. The normalized spacial score (nSPS) is 20.4. The standard InChI is InChI=1S/C16H22N4/c1-3-4-13-9-10-19(2)11-14(13)5-6-15-7-8-16(18)20(15)12-17/h4-5,7-8H,3,6,9-11,18H2,1-2H3/b13-4-,14-5-. The smallest absolute Gasteiger partial charge is 0.190 e. The minimum absolute atomic E-state index is 0.506. The highest BCUT2D eigenvalue weighted by molar-refractivity contribution is 5.40. The predicted octanol–water partition coefficient (Wildman–Crippen LogP) is 2.54. The Labute approximate surface area is 120 Å². The van der Waals surface area contributed by atoms with Crippen LogP contribution in [0.5, 0.6) is 0 Å². The Bertz CT molecular complexity index is 572. The Morgan fingerprint density at radius 3 is 2.85 bits per heavy atom. The highest BCUT2D eigenvalue weighted by Gasteiger charge is 2.15. The van der Waals surface area contributed by atoms with Crippen molar-refractivity contribution in [1.82, 2.24) is 9.47 Å². The minimum atomic E-state index is 0.506. The molecule has 2 heterocycles. The number of likely N-dealkylation sites (tertiary alicyclic amines) is 1. The van der Waals surface area contributed by atoms with Gasteiger partial charge in [-0.15, -0.1) is 0 Å². The van der Waals surface area contributed by atoms with E-state index in [-0.39, 0.29) is 0 Å².